The molecule has 32 heavy (non-hydrogen) atoms. The lowest BCUT2D eigenvalue weighted by atomic mass is 9.81. The number of ether oxygens (including phenoxy) is 4. The summed E-state index contributed by atoms with van der Waals surface area (Å²) in [6.07, 6.45) is 3.06. The maximum Gasteiger partial charge on any atom is 0.309 e. The minimum Gasteiger partial charge on any atom is -0.493 e. The van der Waals surface area contributed by atoms with Crippen molar-refractivity contribution < 1.29 is 23.7 Å². The molecule has 2 rings (SSSR count). The molecular formula is C25H42N2O5. The van der Waals surface area contributed by atoms with Crippen LogP contribution in [0.2, 0.25) is 0 Å². The Hall–Kier alpha value is -1.83. The van der Waals surface area contributed by atoms with Crippen LogP contribution < -0.4 is 20.7 Å². The zero-order valence-corrected chi connectivity index (χ0v) is 20.6. The second kappa shape index (κ2) is 13.0. The number of hydrazine groups is 1. The normalized spacial score (nSPS) is 20.5. The molecule has 1 aromatic rings. The van der Waals surface area contributed by atoms with Gasteiger partial charge < -0.3 is 18.9 Å². The number of hydrogen-bond donors (Lipinski definition) is 2. The van der Waals surface area contributed by atoms with E-state index in [1.807, 2.05) is 6.07 Å². The van der Waals surface area contributed by atoms with Crippen LogP contribution in [-0.4, -0.2) is 45.5 Å². The van der Waals surface area contributed by atoms with Crippen molar-refractivity contribution in [2.24, 2.45) is 29.5 Å². The molecule has 0 aromatic heterocycles. The summed E-state index contributed by atoms with van der Waals surface area (Å²) in [5.74, 6) is 8.32. The van der Waals surface area contributed by atoms with Crippen molar-refractivity contribution in [2.45, 2.75) is 65.5 Å². The van der Waals surface area contributed by atoms with Gasteiger partial charge in [0.15, 0.2) is 11.5 Å². The smallest absolute Gasteiger partial charge is 0.309 e. The first kappa shape index (κ1) is 26.4. The highest BCUT2D eigenvalue weighted by molar-refractivity contribution is 5.75. The molecule has 0 saturated carbocycles. The van der Waals surface area contributed by atoms with E-state index < -0.39 is 0 Å². The van der Waals surface area contributed by atoms with Crippen LogP contribution in [0.25, 0.3) is 0 Å². The van der Waals surface area contributed by atoms with Crippen molar-refractivity contribution in [3.8, 4) is 11.5 Å². The maximum absolute atomic E-state index is 12.3. The van der Waals surface area contributed by atoms with Gasteiger partial charge in [-0.1, -0.05) is 33.8 Å². The number of esters is 1. The molecular weight excluding hydrogens is 408 g/mol. The monoisotopic (exact) mass is 450 g/mol. The Balaban J connectivity index is 2.08. The number of cyclic esters (lactones) is 1. The molecule has 1 saturated heterocycles. The SMILES string of the molecule is COCCCOc1cc(CC(CC(NN)C2C[C@@H](C(C)C)C(=O)O2)C(C)C)ccc1OC. The van der Waals surface area contributed by atoms with Crippen LogP contribution in [0.15, 0.2) is 18.2 Å². The van der Waals surface area contributed by atoms with Gasteiger partial charge >= 0.3 is 5.97 Å². The van der Waals surface area contributed by atoms with Gasteiger partial charge in [0.25, 0.3) is 0 Å². The summed E-state index contributed by atoms with van der Waals surface area (Å²) in [6.45, 7) is 9.81. The minimum absolute atomic E-state index is 0.0484. The van der Waals surface area contributed by atoms with Gasteiger partial charge in [0.05, 0.1) is 25.7 Å². The molecule has 0 aliphatic carbocycles. The largest absolute Gasteiger partial charge is 0.493 e. The van der Waals surface area contributed by atoms with Crippen LogP contribution in [0.3, 0.4) is 0 Å². The molecule has 4 atom stereocenters. The zero-order chi connectivity index (χ0) is 23.7. The maximum atomic E-state index is 12.3. The van der Waals surface area contributed by atoms with Gasteiger partial charge in [-0.05, 0) is 54.7 Å². The first-order chi connectivity index (χ1) is 15.3. The molecule has 1 heterocycles. The number of nitrogens with two attached hydrogens (primary N) is 1. The Morgan fingerprint density at radius 3 is 2.47 bits per heavy atom. The first-order valence-electron chi connectivity index (χ1n) is 11.8. The molecule has 1 aromatic carbocycles. The highest BCUT2D eigenvalue weighted by Gasteiger charge is 2.40. The van der Waals surface area contributed by atoms with Crippen LogP contribution in [0.4, 0.5) is 0 Å². The number of carbonyl (C=O) groups is 1. The topological polar surface area (TPSA) is 92.0 Å². The number of rotatable bonds is 14. The van der Waals surface area contributed by atoms with E-state index in [1.54, 1.807) is 14.2 Å². The number of benzene rings is 1. The van der Waals surface area contributed by atoms with E-state index in [0.29, 0.717) is 25.0 Å². The average Bonchev–Trinajstić information content (AvgIpc) is 3.15. The highest BCUT2D eigenvalue weighted by atomic mass is 16.6. The molecule has 7 heteroatoms. The van der Waals surface area contributed by atoms with Gasteiger partial charge in [0.1, 0.15) is 6.10 Å². The van der Waals surface area contributed by atoms with E-state index in [-0.39, 0.29) is 30.0 Å². The summed E-state index contributed by atoms with van der Waals surface area (Å²) in [5, 5.41) is 0. The fourth-order valence-electron chi connectivity index (χ4n) is 4.32. The van der Waals surface area contributed by atoms with Crippen molar-refractivity contribution in [1.82, 2.24) is 5.43 Å². The standard InChI is InChI=1S/C25H42N2O5/c1-16(2)19(14-21(27-26)23-15-20(17(3)4)25(28)32-23)12-18-8-9-22(30-6)24(13-18)31-11-7-10-29-5/h8-9,13,16-17,19-21,23,27H,7,10-12,14-15,26H2,1-6H3/t19?,20-,21?,23?/m0/s1. The molecule has 0 amide bonds. The molecule has 1 aliphatic rings. The summed E-state index contributed by atoms with van der Waals surface area (Å²) in [6, 6.07) is 6.04. The number of methoxy groups -OCH3 is 2. The third-order valence-corrected chi connectivity index (χ3v) is 6.50. The summed E-state index contributed by atoms with van der Waals surface area (Å²) in [5.41, 5.74) is 4.12. The van der Waals surface area contributed by atoms with Gasteiger partial charge in [-0.25, -0.2) is 0 Å². The molecule has 1 aliphatic heterocycles. The third-order valence-electron chi connectivity index (χ3n) is 6.50. The summed E-state index contributed by atoms with van der Waals surface area (Å²) in [7, 11) is 3.34. The first-order valence-corrected chi connectivity index (χ1v) is 11.8. The lowest BCUT2D eigenvalue weighted by molar-refractivity contribution is -0.146. The van der Waals surface area contributed by atoms with Gasteiger partial charge in [-0.3, -0.25) is 16.1 Å². The van der Waals surface area contributed by atoms with Crippen LogP contribution >= 0.6 is 0 Å². The molecule has 182 valence electrons. The summed E-state index contributed by atoms with van der Waals surface area (Å²) < 4.78 is 22.2. The second-order valence-corrected chi connectivity index (χ2v) is 9.46. The second-order valence-electron chi connectivity index (χ2n) is 9.46. The van der Waals surface area contributed by atoms with Gasteiger partial charge in [0.2, 0.25) is 0 Å². The van der Waals surface area contributed by atoms with E-state index in [0.717, 1.165) is 37.2 Å². The summed E-state index contributed by atoms with van der Waals surface area (Å²) >= 11 is 0. The number of carbonyl (C=O) groups excluding carboxylic acids is 1. The lowest BCUT2D eigenvalue weighted by Crippen LogP contribution is -2.45. The van der Waals surface area contributed by atoms with E-state index in [4.69, 9.17) is 24.8 Å². The van der Waals surface area contributed by atoms with E-state index >= 15 is 0 Å². The Morgan fingerprint density at radius 2 is 1.91 bits per heavy atom. The van der Waals surface area contributed by atoms with Crippen molar-refractivity contribution in [2.75, 3.05) is 27.4 Å². The Labute approximate surface area is 193 Å². The third kappa shape index (κ3) is 7.36. The van der Waals surface area contributed by atoms with Gasteiger partial charge in [-0.15, -0.1) is 0 Å². The predicted octanol–water partition coefficient (Wildman–Crippen LogP) is 3.73. The molecule has 0 radical (unpaired) electrons. The average molecular weight is 451 g/mol. The fourth-order valence-corrected chi connectivity index (χ4v) is 4.32. The van der Waals surface area contributed by atoms with E-state index in [1.165, 1.54) is 5.56 Å². The van der Waals surface area contributed by atoms with Crippen molar-refractivity contribution in [3.63, 3.8) is 0 Å². The van der Waals surface area contributed by atoms with Crippen molar-refractivity contribution >= 4 is 5.97 Å². The van der Waals surface area contributed by atoms with E-state index in [2.05, 4.69) is 45.3 Å². The van der Waals surface area contributed by atoms with E-state index in [9.17, 15) is 4.79 Å². The predicted molar refractivity (Wildman–Crippen MR) is 126 cm³/mol. The molecule has 0 bridgehead atoms. The molecule has 7 nitrogen and oxygen atoms in total. The number of nitrogens with one attached hydrogen (secondary N) is 1. The van der Waals surface area contributed by atoms with Crippen LogP contribution in [0.5, 0.6) is 11.5 Å². The Kier molecular flexibility index (Phi) is 10.7. The summed E-state index contributed by atoms with van der Waals surface area (Å²) in [4.78, 5) is 12.3. The molecule has 0 spiro atoms. The van der Waals surface area contributed by atoms with Gasteiger partial charge in [0, 0.05) is 20.1 Å². The highest BCUT2D eigenvalue weighted by Crippen LogP contribution is 2.34. The van der Waals surface area contributed by atoms with Crippen molar-refractivity contribution in [3.05, 3.63) is 23.8 Å². The molecule has 3 unspecified atom stereocenters. The molecule has 3 N–H and O–H groups in total. The quantitative estimate of drug-likeness (QED) is 0.193. The molecule has 1 fully saturated rings. The van der Waals surface area contributed by atoms with Crippen LogP contribution in [0.1, 0.15) is 52.5 Å². The Bertz CT molecular complexity index is 710. The fraction of sp³-hybridized carbons (Fsp3) is 0.720. The number of hydrogen-bond acceptors (Lipinski definition) is 7. The lowest BCUT2D eigenvalue weighted by Gasteiger charge is -2.29. The Morgan fingerprint density at radius 1 is 1.16 bits per heavy atom. The van der Waals surface area contributed by atoms with Crippen molar-refractivity contribution in [1.29, 1.82) is 0 Å². The van der Waals surface area contributed by atoms with Gasteiger partial charge in [-0.2, -0.15) is 0 Å². The zero-order valence-electron chi connectivity index (χ0n) is 20.6. The van der Waals surface area contributed by atoms with Crippen LogP contribution in [-0.2, 0) is 20.7 Å². The minimum atomic E-state index is -0.184. The van der Waals surface area contributed by atoms with Crippen LogP contribution in [0, 0.1) is 23.7 Å².